The first kappa shape index (κ1) is 13.4. The summed E-state index contributed by atoms with van der Waals surface area (Å²) in [6.45, 7) is 3.86. The molecule has 1 atom stereocenters. The molecule has 0 spiro atoms. The summed E-state index contributed by atoms with van der Waals surface area (Å²) in [4.78, 5) is 14.6. The molecule has 3 nitrogen and oxygen atoms in total. The van der Waals surface area contributed by atoms with Crippen molar-refractivity contribution in [3.05, 3.63) is 48.2 Å². The number of carbonyl (C=O) groups is 1. The fourth-order valence-electron chi connectivity index (χ4n) is 3.43. The number of carbonyl (C=O) groups excluding carboxylic acids is 1. The van der Waals surface area contributed by atoms with Gasteiger partial charge in [0.05, 0.1) is 0 Å². The van der Waals surface area contributed by atoms with Crippen molar-refractivity contribution in [1.29, 1.82) is 0 Å². The van der Waals surface area contributed by atoms with E-state index in [2.05, 4.69) is 19.1 Å². The molecular formula is C19H19NO2. The zero-order valence-electron chi connectivity index (χ0n) is 12.7. The Morgan fingerprint density at radius 3 is 2.91 bits per heavy atom. The van der Waals surface area contributed by atoms with Crippen LogP contribution in [-0.4, -0.2) is 23.9 Å². The smallest absolute Gasteiger partial charge is 0.289 e. The van der Waals surface area contributed by atoms with Crippen molar-refractivity contribution < 1.29 is 9.21 Å². The number of piperidine rings is 1. The van der Waals surface area contributed by atoms with Crippen LogP contribution in [0.4, 0.5) is 0 Å². The second-order valence-electron chi connectivity index (χ2n) is 6.31. The van der Waals surface area contributed by atoms with E-state index in [0.717, 1.165) is 35.9 Å². The van der Waals surface area contributed by atoms with Gasteiger partial charge in [0.2, 0.25) is 0 Å². The Kier molecular flexibility index (Phi) is 3.14. The molecule has 0 unspecified atom stereocenters. The third-order valence-corrected chi connectivity index (χ3v) is 4.58. The van der Waals surface area contributed by atoms with Crippen LogP contribution in [0.2, 0.25) is 0 Å². The molecule has 0 bridgehead atoms. The molecule has 3 heteroatoms. The molecule has 0 N–H and O–H groups in total. The van der Waals surface area contributed by atoms with Crippen molar-refractivity contribution in [2.45, 2.75) is 19.8 Å². The summed E-state index contributed by atoms with van der Waals surface area (Å²) in [5.74, 6) is 1.05. The summed E-state index contributed by atoms with van der Waals surface area (Å²) < 4.78 is 5.84. The van der Waals surface area contributed by atoms with Gasteiger partial charge in [-0.2, -0.15) is 0 Å². The highest BCUT2D eigenvalue weighted by Gasteiger charge is 2.24. The highest BCUT2D eigenvalue weighted by molar-refractivity contribution is 6.08. The van der Waals surface area contributed by atoms with Gasteiger partial charge in [-0.05, 0) is 41.7 Å². The number of likely N-dealkylation sites (tertiary alicyclic amines) is 1. The Bertz CT molecular complexity index is 849. The Balaban J connectivity index is 1.76. The summed E-state index contributed by atoms with van der Waals surface area (Å²) in [5.41, 5.74) is 0.784. The molecule has 2 heterocycles. The van der Waals surface area contributed by atoms with Crippen LogP contribution < -0.4 is 0 Å². The number of furan rings is 1. The van der Waals surface area contributed by atoms with Crippen molar-refractivity contribution >= 4 is 27.6 Å². The summed E-state index contributed by atoms with van der Waals surface area (Å²) in [5, 5.41) is 3.32. The third-order valence-electron chi connectivity index (χ3n) is 4.58. The lowest BCUT2D eigenvalue weighted by molar-refractivity contribution is 0.0653. The molecule has 0 saturated carbocycles. The third kappa shape index (κ3) is 2.17. The quantitative estimate of drug-likeness (QED) is 0.664. The van der Waals surface area contributed by atoms with E-state index < -0.39 is 0 Å². The zero-order valence-corrected chi connectivity index (χ0v) is 12.7. The van der Waals surface area contributed by atoms with E-state index in [-0.39, 0.29) is 5.91 Å². The van der Waals surface area contributed by atoms with E-state index in [0.29, 0.717) is 11.7 Å². The summed E-state index contributed by atoms with van der Waals surface area (Å²) in [6, 6.07) is 14.1. The van der Waals surface area contributed by atoms with Crippen molar-refractivity contribution in [2.75, 3.05) is 13.1 Å². The van der Waals surface area contributed by atoms with Crippen molar-refractivity contribution in [3.63, 3.8) is 0 Å². The number of fused-ring (bicyclic) bond motifs is 3. The van der Waals surface area contributed by atoms with Crippen LogP contribution in [0, 0.1) is 5.92 Å². The van der Waals surface area contributed by atoms with Gasteiger partial charge in [0, 0.05) is 18.5 Å². The van der Waals surface area contributed by atoms with Crippen molar-refractivity contribution in [2.24, 2.45) is 5.92 Å². The van der Waals surface area contributed by atoms with E-state index in [1.165, 1.54) is 11.8 Å². The molecule has 1 aliphatic rings. The second kappa shape index (κ2) is 5.16. The standard InChI is InChI=1S/C19H19NO2/c1-13-5-4-10-20(12-13)19(21)18-11-16-15-7-3-2-6-14(15)8-9-17(16)22-18/h2-3,6-9,11,13H,4-5,10,12H2,1H3/t13-/m1/s1. The maximum absolute atomic E-state index is 12.7. The average molecular weight is 293 g/mol. The predicted molar refractivity (Wildman–Crippen MR) is 88.0 cm³/mol. The molecule has 22 heavy (non-hydrogen) atoms. The van der Waals surface area contributed by atoms with Gasteiger partial charge in [0.25, 0.3) is 5.91 Å². The van der Waals surface area contributed by atoms with E-state index in [1.807, 2.05) is 35.2 Å². The molecule has 0 aliphatic carbocycles. The lowest BCUT2D eigenvalue weighted by atomic mass is 10.00. The fourth-order valence-corrected chi connectivity index (χ4v) is 3.43. The van der Waals surface area contributed by atoms with Crippen molar-refractivity contribution in [3.8, 4) is 0 Å². The van der Waals surface area contributed by atoms with E-state index in [9.17, 15) is 4.79 Å². The zero-order chi connectivity index (χ0) is 15.1. The maximum Gasteiger partial charge on any atom is 0.289 e. The molecular weight excluding hydrogens is 274 g/mol. The van der Waals surface area contributed by atoms with Gasteiger partial charge in [-0.3, -0.25) is 4.79 Å². The number of rotatable bonds is 1. The van der Waals surface area contributed by atoms with Gasteiger partial charge in [-0.1, -0.05) is 37.3 Å². The van der Waals surface area contributed by atoms with Crippen LogP contribution >= 0.6 is 0 Å². The fraction of sp³-hybridized carbons (Fsp3) is 0.316. The first-order chi connectivity index (χ1) is 10.7. The van der Waals surface area contributed by atoms with E-state index >= 15 is 0 Å². The lowest BCUT2D eigenvalue weighted by Gasteiger charge is -2.30. The number of hydrogen-bond donors (Lipinski definition) is 0. The molecule has 1 aromatic heterocycles. The Labute approximate surface area is 129 Å². The first-order valence-corrected chi connectivity index (χ1v) is 7.93. The van der Waals surface area contributed by atoms with Crippen LogP contribution in [0.15, 0.2) is 46.9 Å². The van der Waals surface area contributed by atoms with Gasteiger partial charge in [0.1, 0.15) is 5.58 Å². The van der Waals surface area contributed by atoms with E-state index in [1.54, 1.807) is 0 Å². The Morgan fingerprint density at radius 1 is 1.18 bits per heavy atom. The van der Waals surface area contributed by atoms with Crippen LogP contribution in [-0.2, 0) is 0 Å². The van der Waals surface area contributed by atoms with Gasteiger partial charge < -0.3 is 9.32 Å². The first-order valence-electron chi connectivity index (χ1n) is 7.93. The van der Waals surface area contributed by atoms with Crippen LogP contribution in [0.25, 0.3) is 21.7 Å². The van der Waals surface area contributed by atoms with Gasteiger partial charge in [0.15, 0.2) is 5.76 Å². The van der Waals surface area contributed by atoms with E-state index in [4.69, 9.17) is 4.42 Å². The Hall–Kier alpha value is -2.29. The minimum absolute atomic E-state index is 0.0202. The summed E-state index contributed by atoms with van der Waals surface area (Å²) in [6.07, 6.45) is 2.28. The molecule has 0 radical (unpaired) electrons. The normalized spacial score (nSPS) is 19.0. The maximum atomic E-state index is 12.7. The number of hydrogen-bond acceptors (Lipinski definition) is 2. The topological polar surface area (TPSA) is 33.5 Å². The largest absolute Gasteiger partial charge is 0.451 e. The molecule has 3 aromatic rings. The molecule has 1 aliphatic heterocycles. The molecule has 2 aromatic carbocycles. The predicted octanol–water partition coefficient (Wildman–Crippen LogP) is 4.46. The lowest BCUT2D eigenvalue weighted by Crippen LogP contribution is -2.38. The van der Waals surface area contributed by atoms with Gasteiger partial charge >= 0.3 is 0 Å². The van der Waals surface area contributed by atoms with Crippen molar-refractivity contribution in [1.82, 2.24) is 4.90 Å². The van der Waals surface area contributed by atoms with Gasteiger partial charge in [-0.15, -0.1) is 0 Å². The Morgan fingerprint density at radius 2 is 2.05 bits per heavy atom. The number of nitrogens with zero attached hydrogens (tertiary/aromatic N) is 1. The van der Waals surface area contributed by atoms with Crippen LogP contribution in [0.5, 0.6) is 0 Å². The van der Waals surface area contributed by atoms with Crippen LogP contribution in [0.1, 0.15) is 30.3 Å². The van der Waals surface area contributed by atoms with Gasteiger partial charge in [-0.25, -0.2) is 0 Å². The monoisotopic (exact) mass is 293 g/mol. The molecule has 4 rings (SSSR count). The summed E-state index contributed by atoms with van der Waals surface area (Å²) in [7, 11) is 0. The highest BCUT2D eigenvalue weighted by Crippen LogP contribution is 2.29. The van der Waals surface area contributed by atoms with Crippen LogP contribution in [0.3, 0.4) is 0 Å². The molecule has 1 amide bonds. The molecule has 1 saturated heterocycles. The number of benzene rings is 2. The highest BCUT2D eigenvalue weighted by atomic mass is 16.3. The molecule has 112 valence electrons. The number of amides is 1. The average Bonchev–Trinajstić information content (AvgIpc) is 2.99. The second-order valence-corrected chi connectivity index (χ2v) is 6.31. The minimum Gasteiger partial charge on any atom is -0.451 e. The SMILES string of the molecule is C[C@@H]1CCCN(C(=O)c2cc3c(ccc4ccccc43)o2)C1. The summed E-state index contributed by atoms with van der Waals surface area (Å²) >= 11 is 0. The minimum atomic E-state index is 0.0202. The molecule has 1 fully saturated rings.